The van der Waals surface area contributed by atoms with Crippen LogP contribution in [0.2, 0.25) is 0 Å². The summed E-state index contributed by atoms with van der Waals surface area (Å²) in [6, 6.07) is 15.9. The van der Waals surface area contributed by atoms with Gasteiger partial charge in [0.05, 0.1) is 0 Å². The van der Waals surface area contributed by atoms with Crippen LogP contribution in [0.1, 0.15) is 11.1 Å². The normalized spacial score (nSPS) is 10.2. The van der Waals surface area contributed by atoms with E-state index in [2.05, 4.69) is 29.7 Å². The molecule has 0 saturated heterocycles. The van der Waals surface area contributed by atoms with E-state index >= 15 is 0 Å². The summed E-state index contributed by atoms with van der Waals surface area (Å²) in [5, 5.41) is 6.15. The molecular weight excluding hydrogens is 264 g/mol. The molecule has 2 aromatic rings. The number of hydrogen-bond donors (Lipinski definition) is 2. The van der Waals surface area contributed by atoms with E-state index < -0.39 is 0 Å². The molecule has 0 bridgehead atoms. The summed E-state index contributed by atoms with van der Waals surface area (Å²) >= 11 is 0. The number of nitrogens with one attached hydrogen (secondary N) is 2. The van der Waals surface area contributed by atoms with Crippen molar-refractivity contribution in [3.8, 4) is 0 Å². The van der Waals surface area contributed by atoms with Gasteiger partial charge in [-0.2, -0.15) is 0 Å². The lowest BCUT2D eigenvalue weighted by Gasteiger charge is -2.11. The number of anilines is 2. The Labute approximate surface area is 125 Å². The maximum atomic E-state index is 11.5. The number of carbonyl (C=O) groups is 1. The minimum absolute atomic E-state index is 0.0564. The lowest BCUT2D eigenvalue weighted by Crippen LogP contribution is -2.17. The smallest absolute Gasteiger partial charge is 0.250 e. The zero-order valence-corrected chi connectivity index (χ0v) is 12.3. The Morgan fingerprint density at radius 3 is 2.62 bits per heavy atom. The average Bonchev–Trinajstić information content (AvgIpc) is 2.47. The molecule has 0 aliphatic carbocycles. The van der Waals surface area contributed by atoms with Crippen LogP contribution >= 0.6 is 0 Å². The minimum Gasteiger partial charge on any atom is -0.381 e. The number of ether oxygens (including phenoxy) is 1. The second-order valence-electron chi connectivity index (χ2n) is 4.84. The first kappa shape index (κ1) is 15.1. The van der Waals surface area contributed by atoms with Crippen LogP contribution in [0.15, 0.2) is 48.5 Å². The Hall–Kier alpha value is -2.33. The highest BCUT2D eigenvalue weighted by Crippen LogP contribution is 2.17. The van der Waals surface area contributed by atoms with Crippen molar-refractivity contribution in [2.24, 2.45) is 0 Å². The van der Waals surface area contributed by atoms with Crippen LogP contribution < -0.4 is 10.6 Å². The van der Waals surface area contributed by atoms with Crippen LogP contribution in [0.25, 0.3) is 0 Å². The molecule has 4 heteroatoms. The fourth-order valence-corrected chi connectivity index (χ4v) is 2.04. The average molecular weight is 284 g/mol. The van der Waals surface area contributed by atoms with Gasteiger partial charge in [-0.3, -0.25) is 4.79 Å². The number of aryl methyl sites for hydroxylation is 1. The van der Waals surface area contributed by atoms with Crippen molar-refractivity contribution < 1.29 is 9.53 Å². The Bertz CT molecular complexity index is 611. The molecule has 0 spiro atoms. The summed E-state index contributed by atoms with van der Waals surface area (Å²) in [5.41, 5.74) is 4.24. The fraction of sp³-hybridized carbons (Fsp3) is 0.235. The van der Waals surface area contributed by atoms with Crippen molar-refractivity contribution in [3.05, 3.63) is 59.7 Å². The zero-order chi connectivity index (χ0) is 15.1. The fourth-order valence-electron chi connectivity index (χ4n) is 2.04. The van der Waals surface area contributed by atoms with E-state index in [1.807, 2.05) is 36.4 Å². The molecule has 110 valence electrons. The molecule has 0 heterocycles. The summed E-state index contributed by atoms with van der Waals surface area (Å²) in [6.07, 6.45) is 0. The SMILES string of the molecule is COCC(=O)Nc1cccc(NCc2ccccc2C)c1. The van der Waals surface area contributed by atoms with Crippen molar-refractivity contribution in [3.63, 3.8) is 0 Å². The highest BCUT2D eigenvalue weighted by Gasteiger charge is 2.02. The molecule has 0 aliphatic heterocycles. The summed E-state index contributed by atoms with van der Waals surface area (Å²) in [6.45, 7) is 2.90. The number of methoxy groups -OCH3 is 1. The van der Waals surface area contributed by atoms with Crippen LogP contribution in [0.3, 0.4) is 0 Å². The maximum absolute atomic E-state index is 11.5. The molecule has 0 aliphatic rings. The van der Waals surface area contributed by atoms with Crippen LogP contribution in [0.4, 0.5) is 11.4 Å². The Morgan fingerprint density at radius 1 is 1.10 bits per heavy atom. The first-order valence-electron chi connectivity index (χ1n) is 6.86. The van der Waals surface area contributed by atoms with E-state index in [-0.39, 0.29) is 12.5 Å². The van der Waals surface area contributed by atoms with Gasteiger partial charge in [-0.1, -0.05) is 30.3 Å². The second kappa shape index (κ2) is 7.45. The van der Waals surface area contributed by atoms with E-state index in [1.165, 1.54) is 18.2 Å². The minimum atomic E-state index is -0.159. The Kier molecular flexibility index (Phi) is 5.35. The number of amides is 1. The van der Waals surface area contributed by atoms with Crippen molar-refractivity contribution in [2.45, 2.75) is 13.5 Å². The van der Waals surface area contributed by atoms with E-state index in [9.17, 15) is 4.79 Å². The van der Waals surface area contributed by atoms with Gasteiger partial charge in [-0.25, -0.2) is 0 Å². The maximum Gasteiger partial charge on any atom is 0.250 e. The third kappa shape index (κ3) is 4.61. The summed E-state index contributed by atoms with van der Waals surface area (Å²) in [5.74, 6) is -0.159. The largest absolute Gasteiger partial charge is 0.381 e. The lowest BCUT2D eigenvalue weighted by atomic mass is 10.1. The first-order chi connectivity index (χ1) is 10.2. The second-order valence-corrected chi connectivity index (χ2v) is 4.84. The summed E-state index contributed by atoms with van der Waals surface area (Å²) < 4.78 is 4.80. The molecular formula is C17H20N2O2. The molecule has 0 unspecified atom stereocenters. The number of rotatable bonds is 6. The van der Waals surface area contributed by atoms with Gasteiger partial charge in [0.1, 0.15) is 6.61 Å². The number of hydrogen-bond acceptors (Lipinski definition) is 3. The molecule has 0 fully saturated rings. The van der Waals surface area contributed by atoms with E-state index in [0.29, 0.717) is 0 Å². The van der Waals surface area contributed by atoms with E-state index in [0.717, 1.165) is 17.9 Å². The molecule has 21 heavy (non-hydrogen) atoms. The highest BCUT2D eigenvalue weighted by molar-refractivity contribution is 5.92. The van der Waals surface area contributed by atoms with Crippen LogP contribution in [0, 0.1) is 6.92 Å². The number of benzene rings is 2. The molecule has 2 aromatic carbocycles. The van der Waals surface area contributed by atoms with Crippen LogP contribution in [-0.4, -0.2) is 19.6 Å². The molecule has 0 saturated carbocycles. The topological polar surface area (TPSA) is 50.4 Å². The van der Waals surface area contributed by atoms with Gasteiger partial charge in [0.15, 0.2) is 0 Å². The van der Waals surface area contributed by atoms with Crippen LogP contribution in [0.5, 0.6) is 0 Å². The van der Waals surface area contributed by atoms with E-state index in [4.69, 9.17) is 4.74 Å². The van der Waals surface area contributed by atoms with Gasteiger partial charge in [-0.15, -0.1) is 0 Å². The predicted octanol–water partition coefficient (Wildman–Crippen LogP) is 3.19. The van der Waals surface area contributed by atoms with Gasteiger partial charge in [0, 0.05) is 25.0 Å². The molecule has 1 amide bonds. The first-order valence-corrected chi connectivity index (χ1v) is 6.86. The molecule has 0 radical (unpaired) electrons. The monoisotopic (exact) mass is 284 g/mol. The van der Waals surface area contributed by atoms with Crippen molar-refractivity contribution in [1.29, 1.82) is 0 Å². The Morgan fingerprint density at radius 2 is 1.86 bits per heavy atom. The Balaban J connectivity index is 1.98. The third-order valence-corrected chi connectivity index (χ3v) is 3.17. The standard InChI is InChI=1S/C17H20N2O2/c1-13-6-3-4-7-14(13)11-18-15-8-5-9-16(10-15)19-17(20)12-21-2/h3-10,18H,11-12H2,1-2H3,(H,19,20). The van der Waals surface area contributed by atoms with Gasteiger partial charge in [-0.05, 0) is 36.2 Å². The van der Waals surface area contributed by atoms with Gasteiger partial charge >= 0.3 is 0 Å². The number of carbonyl (C=O) groups excluding carboxylic acids is 1. The van der Waals surface area contributed by atoms with Gasteiger partial charge in [0.25, 0.3) is 0 Å². The van der Waals surface area contributed by atoms with Crippen molar-refractivity contribution in [2.75, 3.05) is 24.4 Å². The summed E-state index contributed by atoms with van der Waals surface area (Å²) in [7, 11) is 1.50. The lowest BCUT2D eigenvalue weighted by molar-refractivity contribution is -0.119. The van der Waals surface area contributed by atoms with Crippen molar-refractivity contribution in [1.82, 2.24) is 0 Å². The molecule has 2 N–H and O–H groups in total. The van der Waals surface area contributed by atoms with E-state index in [1.54, 1.807) is 0 Å². The van der Waals surface area contributed by atoms with Crippen LogP contribution in [-0.2, 0) is 16.1 Å². The predicted molar refractivity (Wildman–Crippen MR) is 85.5 cm³/mol. The molecule has 0 atom stereocenters. The molecule has 0 aromatic heterocycles. The summed E-state index contributed by atoms with van der Waals surface area (Å²) in [4.78, 5) is 11.5. The van der Waals surface area contributed by atoms with Gasteiger partial charge in [0.2, 0.25) is 5.91 Å². The zero-order valence-electron chi connectivity index (χ0n) is 12.3. The highest BCUT2D eigenvalue weighted by atomic mass is 16.5. The third-order valence-electron chi connectivity index (χ3n) is 3.17. The molecule has 2 rings (SSSR count). The quantitative estimate of drug-likeness (QED) is 0.856. The molecule has 4 nitrogen and oxygen atoms in total. The van der Waals surface area contributed by atoms with Gasteiger partial charge < -0.3 is 15.4 Å². The van der Waals surface area contributed by atoms with Crippen molar-refractivity contribution >= 4 is 17.3 Å².